The minimum absolute atomic E-state index is 0.163. The minimum atomic E-state index is -0.999. The molecule has 0 radical (unpaired) electrons. The lowest BCUT2D eigenvalue weighted by atomic mass is 10.2. The molecular formula is C7H8Br2N2O2. The SMILES string of the molecule is CN1C(C(=O)O)=C(Br)C=C(Br)C1N. The van der Waals surface area contributed by atoms with Gasteiger partial charge in [0.15, 0.2) is 0 Å². The van der Waals surface area contributed by atoms with Crippen LogP contribution in [0.15, 0.2) is 20.7 Å². The molecule has 3 N–H and O–H groups in total. The van der Waals surface area contributed by atoms with Crippen LogP contribution in [0, 0.1) is 0 Å². The first-order valence-electron chi connectivity index (χ1n) is 3.43. The molecule has 0 saturated carbocycles. The number of rotatable bonds is 1. The summed E-state index contributed by atoms with van der Waals surface area (Å²) in [6.07, 6.45) is 1.21. The van der Waals surface area contributed by atoms with Gasteiger partial charge >= 0.3 is 5.97 Å². The molecule has 0 amide bonds. The smallest absolute Gasteiger partial charge is 0.353 e. The number of halogens is 2. The lowest BCUT2D eigenvalue weighted by Crippen LogP contribution is -2.42. The third-order valence-corrected chi connectivity index (χ3v) is 3.05. The van der Waals surface area contributed by atoms with E-state index < -0.39 is 12.1 Å². The van der Waals surface area contributed by atoms with Crippen molar-refractivity contribution in [3.05, 3.63) is 20.7 Å². The van der Waals surface area contributed by atoms with Crippen molar-refractivity contribution in [3.63, 3.8) is 0 Å². The maximum atomic E-state index is 10.8. The van der Waals surface area contributed by atoms with Crippen molar-refractivity contribution < 1.29 is 9.90 Å². The van der Waals surface area contributed by atoms with Crippen LogP contribution < -0.4 is 5.73 Å². The number of aliphatic carboxylic acids is 1. The molecule has 0 aliphatic carbocycles. The zero-order chi connectivity index (χ0) is 10.2. The molecule has 1 aliphatic heterocycles. The van der Waals surface area contributed by atoms with Crippen LogP contribution in [0.2, 0.25) is 0 Å². The molecule has 0 bridgehead atoms. The van der Waals surface area contributed by atoms with Gasteiger partial charge < -0.3 is 15.7 Å². The Labute approximate surface area is 92.3 Å². The van der Waals surface area contributed by atoms with Crippen LogP contribution in [0.25, 0.3) is 0 Å². The molecule has 6 heteroatoms. The standard InChI is InChI=1S/C7H8Br2N2O2/c1-11-5(7(12)13)3(8)2-4(9)6(11)10/h2,6H,10H2,1H3,(H,12,13). The van der Waals surface area contributed by atoms with Crippen molar-refractivity contribution in [2.75, 3.05) is 7.05 Å². The van der Waals surface area contributed by atoms with Gasteiger partial charge in [0.05, 0.1) is 0 Å². The number of hydrogen-bond acceptors (Lipinski definition) is 3. The second-order valence-electron chi connectivity index (χ2n) is 2.59. The molecule has 0 aromatic heterocycles. The number of allylic oxidation sites excluding steroid dienone is 2. The van der Waals surface area contributed by atoms with E-state index in [4.69, 9.17) is 10.8 Å². The van der Waals surface area contributed by atoms with Gasteiger partial charge in [-0.25, -0.2) is 4.79 Å². The summed E-state index contributed by atoms with van der Waals surface area (Å²) in [5.74, 6) is -0.999. The summed E-state index contributed by atoms with van der Waals surface area (Å²) < 4.78 is 1.25. The number of likely N-dealkylation sites (N-methyl/N-ethyl adjacent to an activating group) is 1. The Hall–Kier alpha value is -0.330. The first kappa shape index (κ1) is 10.7. The highest BCUT2D eigenvalue weighted by Crippen LogP contribution is 2.29. The summed E-state index contributed by atoms with van der Waals surface area (Å²) in [4.78, 5) is 12.3. The zero-order valence-electron chi connectivity index (χ0n) is 6.79. The van der Waals surface area contributed by atoms with Gasteiger partial charge in [0, 0.05) is 16.0 Å². The van der Waals surface area contributed by atoms with Gasteiger partial charge in [-0.2, -0.15) is 0 Å². The molecule has 0 fully saturated rings. The van der Waals surface area contributed by atoms with Crippen LogP contribution in [-0.2, 0) is 4.79 Å². The van der Waals surface area contributed by atoms with Crippen molar-refractivity contribution >= 4 is 37.8 Å². The second-order valence-corrected chi connectivity index (χ2v) is 4.36. The fourth-order valence-electron chi connectivity index (χ4n) is 1.02. The molecule has 0 saturated heterocycles. The molecule has 1 unspecified atom stereocenters. The molecule has 13 heavy (non-hydrogen) atoms. The predicted molar refractivity (Wildman–Crippen MR) is 56.3 cm³/mol. The van der Waals surface area contributed by atoms with Crippen LogP contribution in [-0.4, -0.2) is 29.2 Å². The topological polar surface area (TPSA) is 66.6 Å². The van der Waals surface area contributed by atoms with Crippen molar-refractivity contribution in [1.29, 1.82) is 0 Å². The first-order valence-corrected chi connectivity index (χ1v) is 5.02. The number of nitrogens with two attached hydrogens (primary N) is 1. The molecule has 72 valence electrons. The molecule has 1 heterocycles. The van der Waals surface area contributed by atoms with E-state index in [9.17, 15) is 4.79 Å². The van der Waals surface area contributed by atoms with Crippen LogP contribution in [0.5, 0.6) is 0 Å². The average Bonchev–Trinajstić information content (AvgIpc) is 1.99. The number of carboxylic acid groups (broad SMARTS) is 1. The quantitative estimate of drug-likeness (QED) is 0.763. The van der Waals surface area contributed by atoms with Crippen molar-refractivity contribution in [2.24, 2.45) is 5.73 Å². The van der Waals surface area contributed by atoms with Crippen LogP contribution in [0.1, 0.15) is 0 Å². The fourth-order valence-corrected chi connectivity index (χ4v) is 2.56. The van der Waals surface area contributed by atoms with Gasteiger partial charge in [0.1, 0.15) is 11.9 Å². The summed E-state index contributed by atoms with van der Waals surface area (Å²) in [7, 11) is 1.63. The number of hydrogen-bond donors (Lipinski definition) is 2. The van der Waals surface area contributed by atoms with Gasteiger partial charge in [-0.1, -0.05) is 15.9 Å². The second kappa shape index (κ2) is 3.81. The Morgan fingerprint density at radius 1 is 1.69 bits per heavy atom. The predicted octanol–water partition coefficient (Wildman–Crippen LogP) is 1.19. The van der Waals surface area contributed by atoms with E-state index in [1.165, 1.54) is 4.90 Å². The van der Waals surface area contributed by atoms with Gasteiger partial charge in [-0.15, -0.1) is 0 Å². The molecule has 4 nitrogen and oxygen atoms in total. The number of carbonyl (C=O) groups is 1. The maximum Gasteiger partial charge on any atom is 0.353 e. The van der Waals surface area contributed by atoms with Crippen LogP contribution >= 0.6 is 31.9 Å². The summed E-state index contributed by atoms with van der Waals surface area (Å²) in [6.45, 7) is 0. The normalized spacial score (nSPS) is 23.2. The summed E-state index contributed by atoms with van der Waals surface area (Å²) in [5.41, 5.74) is 5.87. The molecule has 1 aliphatic rings. The highest BCUT2D eigenvalue weighted by Gasteiger charge is 2.27. The maximum absolute atomic E-state index is 10.8. The summed E-state index contributed by atoms with van der Waals surface area (Å²) >= 11 is 6.41. The molecule has 1 atom stereocenters. The molecule has 1 rings (SSSR count). The highest BCUT2D eigenvalue weighted by atomic mass is 79.9. The van der Waals surface area contributed by atoms with Crippen molar-refractivity contribution in [3.8, 4) is 0 Å². The van der Waals surface area contributed by atoms with E-state index in [2.05, 4.69) is 31.9 Å². The lowest BCUT2D eigenvalue weighted by Gasteiger charge is -2.30. The van der Waals surface area contributed by atoms with E-state index in [-0.39, 0.29) is 5.70 Å². The zero-order valence-corrected chi connectivity index (χ0v) is 9.96. The number of carboxylic acids is 1. The van der Waals surface area contributed by atoms with Gasteiger partial charge in [0.2, 0.25) is 0 Å². The van der Waals surface area contributed by atoms with Gasteiger partial charge in [0.25, 0.3) is 0 Å². The van der Waals surface area contributed by atoms with E-state index in [1.54, 1.807) is 13.1 Å². The minimum Gasteiger partial charge on any atom is -0.477 e. The van der Waals surface area contributed by atoms with E-state index in [0.717, 1.165) is 4.48 Å². The highest BCUT2D eigenvalue weighted by molar-refractivity contribution is 9.12. The van der Waals surface area contributed by atoms with Crippen molar-refractivity contribution in [2.45, 2.75) is 6.17 Å². The Morgan fingerprint density at radius 2 is 2.23 bits per heavy atom. The molecule has 0 aromatic rings. The first-order chi connectivity index (χ1) is 5.95. The third-order valence-electron chi connectivity index (χ3n) is 1.75. The van der Waals surface area contributed by atoms with E-state index in [0.29, 0.717) is 4.48 Å². The summed E-state index contributed by atoms with van der Waals surface area (Å²) in [5, 5.41) is 8.85. The molecule has 0 aromatic carbocycles. The van der Waals surface area contributed by atoms with Crippen LogP contribution in [0.3, 0.4) is 0 Å². The van der Waals surface area contributed by atoms with Crippen molar-refractivity contribution in [1.82, 2.24) is 4.90 Å². The van der Waals surface area contributed by atoms with Gasteiger partial charge in [-0.3, -0.25) is 0 Å². The molecule has 0 spiro atoms. The Bertz CT molecular complexity index is 312. The monoisotopic (exact) mass is 310 g/mol. The van der Waals surface area contributed by atoms with E-state index in [1.807, 2.05) is 0 Å². The largest absolute Gasteiger partial charge is 0.477 e. The Morgan fingerprint density at radius 3 is 2.69 bits per heavy atom. The van der Waals surface area contributed by atoms with Gasteiger partial charge in [-0.05, 0) is 22.0 Å². The Kier molecular flexibility index (Phi) is 3.15. The fraction of sp³-hybridized carbons (Fsp3) is 0.286. The van der Waals surface area contributed by atoms with Crippen LogP contribution in [0.4, 0.5) is 0 Å². The average molecular weight is 312 g/mol. The van der Waals surface area contributed by atoms with E-state index >= 15 is 0 Å². The lowest BCUT2D eigenvalue weighted by molar-refractivity contribution is -0.134. The third kappa shape index (κ3) is 1.95. The number of nitrogens with zero attached hydrogens (tertiary/aromatic N) is 1. The summed E-state index contributed by atoms with van der Waals surface area (Å²) in [6, 6.07) is 0. The molecular weight excluding hydrogens is 304 g/mol. The Balaban J connectivity index is 3.16.